The average molecular weight is 643 g/mol. The monoisotopic (exact) mass is 642 g/mol. The lowest BCUT2D eigenvalue weighted by Gasteiger charge is -2.26. The van der Waals surface area contributed by atoms with Gasteiger partial charge >= 0.3 is 11.9 Å². The van der Waals surface area contributed by atoms with Crippen LogP contribution in [0.15, 0.2) is 24.3 Å². The predicted molar refractivity (Wildman–Crippen MR) is 162 cm³/mol. The summed E-state index contributed by atoms with van der Waals surface area (Å²) in [6.07, 6.45) is 0.357. The highest BCUT2D eigenvalue weighted by Gasteiger charge is 2.38. The Kier molecular flexibility index (Phi) is 12.7. The van der Waals surface area contributed by atoms with Crippen LogP contribution in [0, 0.1) is 11.3 Å². The molecule has 16 nitrogen and oxygen atoms in total. The van der Waals surface area contributed by atoms with Crippen LogP contribution in [0.4, 0.5) is 5.69 Å². The summed E-state index contributed by atoms with van der Waals surface area (Å²) < 4.78 is 10.1. The van der Waals surface area contributed by atoms with Crippen molar-refractivity contribution >= 4 is 41.3 Å². The van der Waals surface area contributed by atoms with Gasteiger partial charge in [-0.25, -0.2) is 0 Å². The third kappa shape index (κ3) is 10.1. The number of aromatic nitrogens is 4. The minimum atomic E-state index is -0.974. The van der Waals surface area contributed by atoms with E-state index in [4.69, 9.17) is 9.47 Å². The minimum absolute atomic E-state index is 0.0157. The van der Waals surface area contributed by atoms with Crippen LogP contribution in [0.1, 0.15) is 65.3 Å². The number of carbonyl (C=O) groups is 6. The van der Waals surface area contributed by atoms with Crippen LogP contribution in [0.25, 0.3) is 0 Å². The molecule has 0 bridgehead atoms. The summed E-state index contributed by atoms with van der Waals surface area (Å²) in [5, 5.41) is 21.3. The van der Waals surface area contributed by atoms with Gasteiger partial charge < -0.3 is 25.4 Å². The van der Waals surface area contributed by atoms with E-state index in [1.807, 2.05) is 19.1 Å². The van der Waals surface area contributed by atoms with E-state index >= 15 is 0 Å². The fourth-order valence-electron chi connectivity index (χ4n) is 4.54. The minimum Gasteiger partial charge on any atom is -0.462 e. The predicted octanol–water partition coefficient (Wildman–Crippen LogP) is 0.334. The molecule has 0 spiro atoms. The SMILES string of the molecule is CCC(C)C(NC(=O)CCC(=O)OCCOC(=O)C(C)(C)C)C(=O)NCC(=O)N1c2ccccc2C[C@H]1C(=O)NCc1nn[nH]n1. The number of hydrogen-bond acceptors (Lipinski definition) is 11. The van der Waals surface area contributed by atoms with Crippen LogP contribution in [-0.2, 0) is 51.2 Å². The molecule has 0 saturated heterocycles. The second kappa shape index (κ2) is 16.4. The summed E-state index contributed by atoms with van der Waals surface area (Å²) in [6.45, 7) is 8.10. The molecule has 4 amide bonds. The third-order valence-electron chi connectivity index (χ3n) is 7.33. The number of hydrogen-bond donors (Lipinski definition) is 4. The Morgan fingerprint density at radius 3 is 2.43 bits per heavy atom. The van der Waals surface area contributed by atoms with E-state index in [1.54, 1.807) is 39.8 Å². The fraction of sp³-hybridized carbons (Fsp3) is 0.567. The maximum absolute atomic E-state index is 13.4. The smallest absolute Gasteiger partial charge is 0.311 e. The lowest BCUT2D eigenvalue weighted by Crippen LogP contribution is -2.54. The lowest BCUT2D eigenvalue weighted by atomic mass is 9.97. The number of H-pyrrole nitrogens is 1. The average Bonchev–Trinajstić information content (AvgIpc) is 3.69. The van der Waals surface area contributed by atoms with Gasteiger partial charge in [-0.2, -0.15) is 5.21 Å². The number of esters is 2. The highest BCUT2D eigenvalue weighted by atomic mass is 16.6. The molecule has 0 fully saturated rings. The number of para-hydroxylation sites is 1. The molecule has 1 aliphatic rings. The third-order valence-corrected chi connectivity index (χ3v) is 7.33. The number of carbonyl (C=O) groups excluding carboxylic acids is 6. The van der Waals surface area contributed by atoms with E-state index in [-0.39, 0.29) is 50.8 Å². The van der Waals surface area contributed by atoms with Crippen LogP contribution in [0.5, 0.6) is 0 Å². The highest BCUT2D eigenvalue weighted by molar-refractivity contribution is 6.05. The first-order valence-corrected chi connectivity index (χ1v) is 15.1. The number of nitrogens with one attached hydrogen (secondary N) is 4. The van der Waals surface area contributed by atoms with Gasteiger partial charge in [0.05, 0.1) is 24.9 Å². The number of tetrazole rings is 1. The number of amides is 4. The van der Waals surface area contributed by atoms with E-state index in [1.165, 1.54) is 4.90 Å². The summed E-state index contributed by atoms with van der Waals surface area (Å²) in [4.78, 5) is 77.6. The molecule has 250 valence electrons. The Labute approximate surface area is 266 Å². The molecule has 0 aliphatic carbocycles. The molecule has 1 aromatic carbocycles. The Morgan fingerprint density at radius 2 is 1.76 bits per heavy atom. The van der Waals surface area contributed by atoms with Crippen molar-refractivity contribution in [2.45, 2.75) is 78.9 Å². The van der Waals surface area contributed by atoms with Crippen LogP contribution in [-0.4, -0.2) is 88.0 Å². The number of ether oxygens (including phenoxy) is 2. The topological polar surface area (TPSA) is 215 Å². The van der Waals surface area contributed by atoms with Crippen LogP contribution in [0.2, 0.25) is 0 Å². The summed E-state index contributed by atoms with van der Waals surface area (Å²) in [5.74, 6) is -3.15. The van der Waals surface area contributed by atoms with Crippen molar-refractivity contribution in [3.63, 3.8) is 0 Å². The number of anilines is 1. The standard InChI is InChI=1S/C30H42N8O8/c1-6-18(2)26(33-23(39)11-12-25(41)45-13-14-46-29(44)30(3,4)5)28(43)32-17-24(40)38-20-10-8-7-9-19(20)15-21(38)27(42)31-16-22-34-36-37-35-22/h7-10,18,21,26H,6,11-17H2,1-5H3,(H,31,42)(H,32,43)(H,33,39)(H,34,35,36,37)/t18?,21-,26?/m0/s1. The van der Waals surface area contributed by atoms with Crippen molar-refractivity contribution in [2.24, 2.45) is 11.3 Å². The summed E-state index contributed by atoms with van der Waals surface area (Å²) in [5.41, 5.74) is 0.688. The number of rotatable bonds is 15. The quantitative estimate of drug-likeness (QED) is 0.153. The molecule has 0 saturated carbocycles. The van der Waals surface area contributed by atoms with Gasteiger partial charge in [0.25, 0.3) is 0 Å². The second-order valence-corrected chi connectivity index (χ2v) is 11.9. The highest BCUT2D eigenvalue weighted by Crippen LogP contribution is 2.32. The molecule has 2 heterocycles. The molecule has 2 unspecified atom stereocenters. The Hall–Kier alpha value is -4.89. The van der Waals surface area contributed by atoms with Crippen molar-refractivity contribution < 1.29 is 38.2 Å². The molecular formula is C30H42N8O8. The number of aromatic amines is 1. The molecule has 4 N–H and O–H groups in total. The zero-order valence-corrected chi connectivity index (χ0v) is 26.8. The first-order valence-electron chi connectivity index (χ1n) is 15.1. The van der Waals surface area contributed by atoms with E-state index in [9.17, 15) is 28.8 Å². The van der Waals surface area contributed by atoms with Crippen LogP contribution in [0.3, 0.4) is 0 Å². The normalized spacial score (nSPS) is 15.2. The van der Waals surface area contributed by atoms with Crippen molar-refractivity contribution in [1.82, 2.24) is 36.6 Å². The van der Waals surface area contributed by atoms with Gasteiger partial charge in [-0.15, -0.1) is 10.2 Å². The van der Waals surface area contributed by atoms with Crippen molar-refractivity contribution in [3.05, 3.63) is 35.7 Å². The van der Waals surface area contributed by atoms with Crippen molar-refractivity contribution in [3.8, 4) is 0 Å². The number of benzene rings is 1. The zero-order valence-electron chi connectivity index (χ0n) is 26.8. The largest absolute Gasteiger partial charge is 0.462 e. The van der Waals surface area contributed by atoms with Gasteiger partial charge in [0.2, 0.25) is 23.6 Å². The Bertz CT molecular complexity index is 1390. The molecule has 16 heteroatoms. The van der Waals surface area contributed by atoms with Gasteiger partial charge in [-0.3, -0.25) is 33.7 Å². The Balaban J connectivity index is 1.52. The van der Waals surface area contributed by atoms with Crippen LogP contribution >= 0.6 is 0 Å². The maximum atomic E-state index is 13.4. The van der Waals surface area contributed by atoms with Crippen LogP contribution < -0.4 is 20.9 Å². The zero-order chi connectivity index (χ0) is 33.9. The van der Waals surface area contributed by atoms with Gasteiger partial charge in [0.15, 0.2) is 5.82 Å². The van der Waals surface area contributed by atoms with E-state index in [0.717, 1.165) is 5.56 Å². The summed E-state index contributed by atoms with van der Waals surface area (Å²) >= 11 is 0. The molecule has 2 aromatic rings. The molecule has 3 rings (SSSR count). The van der Waals surface area contributed by atoms with E-state index < -0.39 is 59.6 Å². The van der Waals surface area contributed by atoms with Gasteiger partial charge in [0.1, 0.15) is 25.3 Å². The van der Waals surface area contributed by atoms with Gasteiger partial charge in [-0.05, 0) is 38.3 Å². The molecule has 46 heavy (non-hydrogen) atoms. The summed E-state index contributed by atoms with van der Waals surface area (Å²) in [7, 11) is 0. The Morgan fingerprint density at radius 1 is 1.04 bits per heavy atom. The lowest BCUT2D eigenvalue weighted by molar-refractivity contribution is -0.158. The molecule has 1 aliphatic heterocycles. The molecule has 0 radical (unpaired) electrons. The van der Waals surface area contributed by atoms with Gasteiger partial charge in [0, 0.05) is 18.5 Å². The molecular weight excluding hydrogens is 600 g/mol. The fourth-order valence-corrected chi connectivity index (χ4v) is 4.54. The molecule has 1 aromatic heterocycles. The van der Waals surface area contributed by atoms with Gasteiger partial charge in [-0.1, -0.05) is 43.7 Å². The summed E-state index contributed by atoms with van der Waals surface area (Å²) in [6, 6.07) is 5.29. The van der Waals surface area contributed by atoms with E-state index in [0.29, 0.717) is 12.1 Å². The van der Waals surface area contributed by atoms with E-state index in [2.05, 4.69) is 36.6 Å². The first kappa shape index (κ1) is 35.6. The first-order chi connectivity index (χ1) is 21.8. The second-order valence-electron chi connectivity index (χ2n) is 11.9. The van der Waals surface area contributed by atoms with Crippen molar-refractivity contribution in [2.75, 3.05) is 24.7 Å². The number of fused-ring (bicyclic) bond motifs is 1. The van der Waals surface area contributed by atoms with Crippen molar-refractivity contribution in [1.29, 1.82) is 0 Å². The maximum Gasteiger partial charge on any atom is 0.311 e. The molecule has 3 atom stereocenters. The number of nitrogens with zero attached hydrogens (tertiary/aromatic N) is 4.